The van der Waals surface area contributed by atoms with Crippen molar-refractivity contribution in [3.63, 3.8) is 0 Å². The van der Waals surface area contributed by atoms with E-state index in [1.54, 1.807) is 0 Å². The van der Waals surface area contributed by atoms with Crippen LogP contribution in [0, 0.1) is 0 Å². The third kappa shape index (κ3) is 2.20. The van der Waals surface area contributed by atoms with Crippen molar-refractivity contribution in [3.8, 4) is 0 Å². The molecule has 2 rings (SSSR count). The number of hydrogen-bond acceptors (Lipinski definition) is 2. The van der Waals surface area contributed by atoms with Crippen LogP contribution in [0.25, 0.3) is 0 Å². The molecule has 1 aliphatic rings. The molecule has 1 aromatic carbocycles. The molecule has 1 fully saturated rings. The van der Waals surface area contributed by atoms with Crippen LogP contribution in [0.3, 0.4) is 0 Å². The lowest BCUT2D eigenvalue weighted by Crippen LogP contribution is -2.45. The first-order valence-corrected chi connectivity index (χ1v) is 5.25. The molecule has 0 aliphatic carbocycles. The van der Waals surface area contributed by atoms with Crippen LogP contribution in [-0.2, 0) is 10.2 Å². The Balaban J connectivity index is 0.00000128. The molecule has 1 saturated heterocycles. The molecule has 0 unspecified atom stereocenters. The molecule has 0 spiro atoms. The van der Waals surface area contributed by atoms with Gasteiger partial charge in [-0.05, 0) is 31.5 Å². The van der Waals surface area contributed by atoms with Crippen LogP contribution in [0.4, 0.5) is 0 Å². The molecule has 4 heteroatoms. The Bertz CT molecular complexity index is 347. The van der Waals surface area contributed by atoms with Gasteiger partial charge >= 0.3 is 5.97 Å². The number of carboxylic acids is 1. The predicted octanol–water partition coefficient (Wildman–Crippen LogP) is 1.81. The molecule has 3 nitrogen and oxygen atoms in total. The van der Waals surface area contributed by atoms with Gasteiger partial charge < -0.3 is 10.4 Å². The lowest BCUT2D eigenvalue weighted by molar-refractivity contribution is -0.145. The lowest BCUT2D eigenvalue weighted by atomic mass is 9.73. The third-order valence-electron chi connectivity index (χ3n) is 3.19. The zero-order valence-corrected chi connectivity index (χ0v) is 9.80. The number of halogens is 1. The maximum absolute atomic E-state index is 11.4. The van der Waals surface area contributed by atoms with Gasteiger partial charge in [-0.1, -0.05) is 30.3 Å². The Morgan fingerprint density at radius 1 is 1.19 bits per heavy atom. The highest BCUT2D eigenvalue weighted by Crippen LogP contribution is 2.33. The van der Waals surface area contributed by atoms with E-state index in [9.17, 15) is 9.90 Å². The highest BCUT2D eigenvalue weighted by Gasteiger charge is 2.40. The van der Waals surface area contributed by atoms with Gasteiger partial charge in [0.2, 0.25) is 0 Å². The van der Waals surface area contributed by atoms with E-state index in [0.717, 1.165) is 18.7 Å². The minimum absolute atomic E-state index is 0. The zero-order valence-electron chi connectivity index (χ0n) is 8.98. The van der Waals surface area contributed by atoms with E-state index in [2.05, 4.69) is 5.32 Å². The van der Waals surface area contributed by atoms with Gasteiger partial charge in [-0.25, -0.2) is 0 Å². The lowest BCUT2D eigenvalue weighted by Gasteiger charge is -2.34. The summed E-state index contributed by atoms with van der Waals surface area (Å²) in [7, 11) is 0. The standard InChI is InChI=1S/C12H15NO2.ClH/c14-11(15)12(6-8-13-9-7-12)10-4-2-1-3-5-10;/h1-5,13H,6-9H2,(H,14,15);1H. The second kappa shape index (κ2) is 5.32. The summed E-state index contributed by atoms with van der Waals surface area (Å²) in [6.45, 7) is 1.56. The summed E-state index contributed by atoms with van der Waals surface area (Å²) in [6, 6.07) is 9.56. The summed E-state index contributed by atoms with van der Waals surface area (Å²) in [5.74, 6) is -0.699. The van der Waals surface area contributed by atoms with Crippen LogP contribution < -0.4 is 5.32 Å². The fraction of sp³-hybridized carbons (Fsp3) is 0.417. The monoisotopic (exact) mass is 241 g/mol. The number of carbonyl (C=O) groups is 1. The van der Waals surface area contributed by atoms with Crippen LogP contribution >= 0.6 is 12.4 Å². The first-order chi connectivity index (χ1) is 7.26. The van der Waals surface area contributed by atoms with Crippen LogP contribution in [-0.4, -0.2) is 24.2 Å². The average molecular weight is 242 g/mol. The fourth-order valence-electron chi connectivity index (χ4n) is 2.24. The summed E-state index contributed by atoms with van der Waals surface area (Å²) in [4.78, 5) is 11.4. The summed E-state index contributed by atoms with van der Waals surface area (Å²) in [5.41, 5.74) is 0.256. The Kier molecular flexibility index (Phi) is 4.33. The molecule has 88 valence electrons. The Hall–Kier alpha value is -1.06. The largest absolute Gasteiger partial charge is 0.481 e. The first-order valence-electron chi connectivity index (χ1n) is 5.25. The molecule has 1 aliphatic heterocycles. The van der Waals surface area contributed by atoms with Crippen molar-refractivity contribution >= 4 is 18.4 Å². The maximum atomic E-state index is 11.4. The van der Waals surface area contributed by atoms with E-state index in [-0.39, 0.29) is 12.4 Å². The molecular weight excluding hydrogens is 226 g/mol. The van der Waals surface area contributed by atoms with Gasteiger partial charge in [0.15, 0.2) is 0 Å². The van der Waals surface area contributed by atoms with Crippen molar-refractivity contribution in [2.75, 3.05) is 13.1 Å². The number of nitrogens with one attached hydrogen (secondary N) is 1. The first kappa shape index (κ1) is 13.0. The molecule has 1 aromatic rings. The second-order valence-corrected chi connectivity index (χ2v) is 4.00. The molecule has 1 heterocycles. The molecular formula is C12H16ClNO2. The number of hydrogen-bond donors (Lipinski definition) is 2. The van der Waals surface area contributed by atoms with E-state index in [1.165, 1.54) is 0 Å². The van der Waals surface area contributed by atoms with Crippen LogP contribution in [0.5, 0.6) is 0 Å². The van der Waals surface area contributed by atoms with Crippen molar-refractivity contribution in [2.24, 2.45) is 0 Å². The Morgan fingerprint density at radius 2 is 1.75 bits per heavy atom. The van der Waals surface area contributed by atoms with Crippen molar-refractivity contribution in [2.45, 2.75) is 18.3 Å². The highest BCUT2D eigenvalue weighted by molar-refractivity contribution is 5.85. The maximum Gasteiger partial charge on any atom is 0.314 e. The van der Waals surface area contributed by atoms with Gasteiger partial charge in [-0.15, -0.1) is 12.4 Å². The predicted molar refractivity (Wildman–Crippen MR) is 65.1 cm³/mol. The van der Waals surface area contributed by atoms with Gasteiger partial charge in [-0.3, -0.25) is 4.79 Å². The SMILES string of the molecule is Cl.O=C(O)C1(c2ccccc2)CCNCC1. The molecule has 0 atom stereocenters. The van der Waals surface area contributed by atoms with E-state index in [4.69, 9.17) is 0 Å². The minimum Gasteiger partial charge on any atom is -0.481 e. The Labute approximate surface area is 101 Å². The van der Waals surface area contributed by atoms with Crippen molar-refractivity contribution in [1.29, 1.82) is 0 Å². The van der Waals surface area contributed by atoms with E-state index >= 15 is 0 Å². The van der Waals surface area contributed by atoms with Crippen molar-refractivity contribution < 1.29 is 9.90 Å². The molecule has 0 bridgehead atoms. The molecule has 0 radical (unpaired) electrons. The normalized spacial score (nSPS) is 18.5. The van der Waals surface area contributed by atoms with Crippen LogP contribution in [0.2, 0.25) is 0 Å². The summed E-state index contributed by atoms with van der Waals surface area (Å²) >= 11 is 0. The van der Waals surface area contributed by atoms with Gasteiger partial charge in [0.1, 0.15) is 0 Å². The summed E-state index contributed by atoms with van der Waals surface area (Å²) in [5, 5.41) is 12.6. The van der Waals surface area contributed by atoms with E-state index < -0.39 is 11.4 Å². The van der Waals surface area contributed by atoms with Crippen molar-refractivity contribution in [1.82, 2.24) is 5.32 Å². The fourth-order valence-corrected chi connectivity index (χ4v) is 2.24. The topological polar surface area (TPSA) is 49.3 Å². The van der Waals surface area contributed by atoms with Gasteiger partial charge in [0.25, 0.3) is 0 Å². The van der Waals surface area contributed by atoms with E-state index in [1.807, 2.05) is 30.3 Å². The number of piperidine rings is 1. The van der Waals surface area contributed by atoms with Crippen LogP contribution in [0.15, 0.2) is 30.3 Å². The Morgan fingerprint density at radius 3 is 2.25 bits per heavy atom. The summed E-state index contributed by atoms with van der Waals surface area (Å²) in [6.07, 6.45) is 1.35. The molecule has 2 N–H and O–H groups in total. The molecule has 16 heavy (non-hydrogen) atoms. The number of rotatable bonds is 2. The molecule has 0 amide bonds. The third-order valence-corrected chi connectivity index (χ3v) is 3.19. The van der Waals surface area contributed by atoms with Gasteiger partial charge in [0.05, 0.1) is 5.41 Å². The van der Waals surface area contributed by atoms with Gasteiger partial charge in [0, 0.05) is 0 Å². The molecule has 0 aromatic heterocycles. The smallest absolute Gasteiger partial charge is 0.314 e. The highest BCUT2D eigenvalue weighted by atomic mass is 35.5. The van der Waals surface area contributed by atoms with Crippen LogP contribution in [0.1, 0.15) is 18.4 Å². The number of aliphatic carboxylic acids is 1. The molecule has 0 saturated carbocycles. The quantitative estimate of drug-likeness (QED) is 0.831. The number of carboxylic acid groups (broad SMARTS) is 1. The number of benzene rings is 1. The van der Waals surface area contributed by atoms with E-state index in [0.29, 0.717) is 12.8 Å². The van der Waals surface area contributed by atoms with Crippen molar-refractivity contribution in [3.05, 3.63) is 35.9 Å². The average Bonchev–Trinajstić information content (AvgIpc) is 2.31. The minimum atomic E-state index is -0.699. The van der Waals surface area contributed by atoms with Gasteiger partial charge in [-0.2, -0.15) is 0 Å². The summed E-state index contributed by atoms with van der Waals surface area (Å²) < 4.78 is 0. The zero-order chi connectivity index (χ0) is 10.7. The second-order valence-electron chi connectivity index (χ2n) is 4.00.